The van der Waals surface area contributed by atoms with E-state index in [2.05, 4.69) is 67.3 Å². The van der Waals surface area contributed by atoms with Crippen LogP contribution < -0.4 is 72.7 Å². The van der Waals surface area contributed by atoms with Crippen LogP contribution in [0.4, 0.5) is 4.79 Å². The highest BCUT2D eigenvalue weighted by Crippen LogP contribution is 1.75. The fourth-order valence-electron chi connectivity index (χ4n) is 0.498. The third-order valence-corrected chi connectivity index (χ3v) is 8.53. The lowest BCUT2D eigenvalue weighted by Crippen LogP contribution is -2.19. The van der Waals surface area contributed by atoms with Crippen molar-refractivity contribution in [1.29, 1.82) is 0 Å². The van der Waals surface area contributed by atoms with E-state index >= 15 is 0 Å². The maximum absolute atomic E-state index is 10.3. The lowest BCUT2D eigenvalue weighted by atomic mass is 10.5. The molecule has 0 saturated carbocycles. The van der Waals surface area contributed by atoms with Crippen molar-refractivity contribution in [3.63, 3.8) is 0 Å². The van der Waals surface area contributed by atoms with Gasteiger partial charge in [-0.15, -0.1) is 0 Å². The Hall–Kier alpha value is -6.30. The van der Waals surface area contributed by atoms with Crippen LogP contribution in [-0.4, -0.2) is 212 Å². The van der Waals surface area contributed by atoms with E-state index in [9.17, 15) is 78.0 Å². The van der Waals surface area contributed by atoms with Crippen LogP contribution in [0.15, 0.2) is 0 Å². The molecule has 462 valence electrons. The minimum Gasteiger partial charge on any atom is -0.465 e. The Morgan fingerprint density at radius 1 is 0.303 bits per heavy atom. The first-order valence-corrected chi connectivity index (χ1v) is 27.2. The topological polar surface area (TPSA) is 479 Å². The smallest absolute Gasteiger partial charge is 0.404 e. The van der Waals surface area contributed by atoms with Crippen molar-refractivity contribution in [2.24, 2.45) is 0 Å². The summed E-state index contributed by atoms with van der Waals surface area (Å²) in [6, 6.07) is 0. The summed E-state index contributed by atoms with van der Waals surface area (Å²) in [6.07, 6.45) is 2.37. The summed E-state index contributed by atoms with van der Waals surface area (Å²) in [6.45, 7) is 17.0. The molecule has 0 heterocycles. The molecular formula is C41H102N14O18S3. The molecule has 76 heavy (non-hydrogen) atoms. The van der Waals surface area contributed by atoms with Gasteiger partial charge in [0.15, 0.2) is 0 Å². The van der Waals surface area contributed by atoms with Gasteiger partial charge in [0, 0.05) is 146 Å². The summed E-state index contributed by atoms with van der Waals surface area (Å²) in [5.74, 6) is 0.378. The van der Waals surface area contributed by atoms with Crippen LogP contribution in [0, 0.1) is 0 Å². The van der Waals surface area contributed by atoms with Crippen molar-refractivity contribution >= 4 is 95.2 Å². The van der Waals surface area contributed by atoms with E-state index in [4.69, 9.17) is 5.11 Å². The summed E-state index contributed by atoms with van der Waals surface area (Å²) in [5, 5.41) is 33.6. The molecule has 15 N–H and O–H groups in total. The van der Waals surface area contributed by atoms with E-state index in [-0.39, 0.29) is 64.8 Å². The second-order valence-electron chi connectivity index (χ2n) is 12.1. The van der Waals surface area contributed by atoms with E-state index in [1.807, 2.05) is 19.2 Å². The van der Waals surface area contributed by atoms with Crippen LogP contribution in [0.2, 0.25) is 0 Å². The fourth-order valence-corrected chi connectivity index (χ4v) is 0.787. The number of carbonyl (C=O) groups excluding carboxylic acids is 10. The number of nitrogens with one attached hydrogen (secondary N) is 14. The van der Waals surface area contributed by atoms with Crippen molar-refractivity contribution in [3.8, 4) is 0 Å². The van der Waals surface area contributed by atoms with Crippen molar-refractivity contribution < 1.29 is 83.1 Å². The lowest BCUT2D eigenvalue weighted by molar-refractivity contribution is -0.121. The highest BCUT2D eigenvalue weighted by molar-refractivity contribution is 7.89. The second-order valence-corrected chi connectivity index (χ2v) is 18.2. The normalized spacial score (nSPS) is 8.14. The van der Waals surface area contributed by atoms with Crippen LogP contribution in [0.25, 0.3) is 0 Å². The SMILES string of the molecule is CCC(=O)NC.CCC(=O)NC.CCS(=O)(=O)NC.CNC(=O)O.CNC(C)=O.CNC(C)=O.CNC(C)=O.CNC(C)=O.CNC(C)=O.CNC(C)=O.CNC(C)=O.CNC(C)=O.CNS(C)(=O)=O.CNS(C)(=O)=O. The van der Waals surface area contributed by atoms with E-state index in [1.54, 1.807) is 77.4 Å². The summed E-state index contributed by atoms with van der Waals surface area (Å²) >= 11 is 0. The number of hydrogen-bond acceptors (Lipinski definition) is 17. The van der Waals surface area contributed by atoms with Crippen LogP contribution >= 0.6 is 0 Å². The van der Waals surface area contributed by atoms with Gasteiger partial charge in [0.05, 0.1) is 18.3 Å². The molecular weight excluding hydrogens is 1070 g/mol. The molecule has 0 aliphatic carbocycles. The molecule has 0 rings (SSSR count). The quantitative estimate of drug-likeness (QED) is 0.121. The Balaban J connectivity index is -0.0000000455. The predicted molar refractivity (Wildman–Crippen MR) is 300 cm³/mol. The van der Waals surface area contributed by atoms with E-state index in [1.165, 1.54) is 83.6 Å². The molecule has 0 bridgehead atoms. The van der Waals surface area contributed by atoms with Gasteiger partial charge in [-0.05, 0) is 28.1 Å². The number of sulfonamides is 3. The first-order chi connectivity index (χ1) is 34.3. The molecule has 0 atom stereocenters. The van der Waals surface area contributed by atoms with Crippen molar-refractivity contribution in [1.82, 2.24) is 72.7 Å². The van der Waals surface area contributed by atoms with Crippen molar-refractivity contribution in [2.45, 2.75) is 89.0 Å². The van der Waals surface area contributed by atoms with Crippen LogP contribution in [-0.2, 0) is 78.0 Å². The van der Waals surface area contributed by atoms with Crippen molar-refractivity contribution in [2.75, 3.05) is 117 Å². The monoisotopic (exact) mass is 1170 g/mol. The largest absolute Gasteiger partial charge is 0.465 e. The highest BCUT2D eigenvalue weighted by Gasteiger charge is 1.98. The maximum atomic E-state index is 10.3. The molecule has 0 aromatic carbocycles. The molecule has 0 aliphatic heterocycles. The fraction of sp³-hybridized carbons (Fsp3) is 0.732. The van der Waals surface area contributed by atoms with Gasteiger partial charge in [-0.1, -0.05) is 13.8 Å². The summed E-state index contributed by atoms with van der Waals surface area (Å²) in [4.78, 5) is 107. The third kappa shape index (κ3) is 300. The number of carboxylic acid groups (broad SMARTS) is 1. The first-order valence-electron chi connectivity index (χ1n) is 21.8. The molecule has 0 aromatic rings. The molecule has 0 fully saturated rings. The minimum atomic E-state index is -2.91. The molecule has 0 saturated heterocycles. The van der Waals surface area contributed by atoms with E-state index < -0.39 is 36.2 Å². The Bertz CT molecular complexity index is 1520. The summed E-state index contributed by atoms with van der Waals surface area (Å²) in [7, 11) is 12.8. The molecule has 0 spiro atoms. The number of hydrogen-bond donors (Lipinski definition) is 15. The van der Waals surface area contributed by atoms with Crippen LogP contribution in [0.3, 0.4) is 0 Å². The van der Waals surface area contributed by atoms with Crippen LogP contribution in [0.1, 0.15) is 89.0 Å². The maximum Gasteiger partial charge on any atom is 0.404 e. The van der Waals surface area contributed by atoms with Gasteiger partial charge >= 0.3 is 6.09 Å². The number of rotatable bonds is 6. The average Bonchev–Trinajstić information content (AvgIpc) is 3.37. The zero-order valence-corrected chi connectivity index (χ0v) is 52.7. The standard InChI is InChI=1S/2C4H9NO.C3H9NO2S.8C3H7NO.2C2H7NO2S.C2H5NO2/c2*1-3-4(6)5-2;1-3-7(5,6)4-2;8*1-3(5)4-2;2*1-3-6(2,4)5;1-3-2(4)5/h2*3H2,1-2H3,(H,5,6);4H,3H2,1-2H3;8*1-2H3,(H,4,5);2*3H,1-2H3;3H,1H3,(H,4,5). The van der Waals surface area contributed by atoms with Gasteiger partial charge in [-0.2, -0.15) is 0 Å². The molecule has 35 heteroatoms. The van der Waals surface area contributed by atoms with E-state index in [0.29, 0.717) is 12.8 Å². The Labute approximate surface area is 455 Å². The third-order valence-electron chi connectivity index (χ3n) is 5.66. The van der Waals surface area contributed by atoms with Gasteiger partial charge in [-0.25, -0.2) is 44.2 Å². The van der Waals surface area contributed by atoms with Crippen molar-refractivity contribution in [3.05, 3.63) is 0 Å². The minimum absolute atomic E-state index is 0.00463. The van der Waals surface area contributed by atoms with Gasteiger partial charge in [0.1, 0.15) is 0 Å². The lowest BCUT2D eigenvalue weighted by Gasteiger charge is -1.92. The van der Waals surface area contributed by atoms with Gasteiger partial charge < -0.3 is 63.6 Å². The van der Waals surface area contributed by atoms with Gasteiger partial charge in [0.2, 0.25) is 89.1 Å². The zero-order chi connectivity index (χ0) is 64.9. The molecule has 0 aromatic heterocycles. The average molecular weight is 1180 g/mol. The molecule has 0 unspecified atom stereocenters. The molecule has 0 aliphatic rings. The summed E-state index contributed by atoms with van der Waals surface area (Å²) in [5.41, 5.74) is 0. The number of carbonyl (C=O) groups is 11. The van der Waals surface area contributed by atoms with Crippen LogP contribution in [0.5, 0.6) is 0 Å². The second kappa shape index (κ2) is 82.7. The van der Waals surface area contributed by atoms with Gasteiger partial charge in [-0.3, -0.25) is 47.9 Å². The Morgan fingerprint density at radius 3 is 0.421 bits per heavy atom. The predicted octanol–water partition coefficient (Wildman–Crippen LogP) is -3.93. The molecule has 32 nitrogen and oxygen atoms in total. The number of amides is 11. The highest BCUT2D eigenvalue weighted by atomic mass is 32.2. The van der Waals surface area contributed by atoms with Gasteiger partial charge in [0.25, 0.3) is 0 Å². The first kappa shape index (κ1) is 106. The molecule has 11 amide bonds. The van der Waals surface area contributed by atoms with E-state index in [0.717, 1.165) is 12.5 Å². The summed E-state index contributed by atoms with van der Waals surface area (Å²) < 4.78 is 66.4. The Morgan fingerprint density at radius 2 is 0.421 bits per heavy atom. The molecule has 0 radical (unpaired) electrons. The Kier molecular flexibility index (Phi) is 115. The zero-order valence-electron chi connectivity index (χ0n) is 50.2.